The van der Waals surface area contributed by atoms with Crippen LogP contribution in [0.25, 0.3) is 0 Å². The summed E-state index contributed by atoms with van der Waals surface area (Å²) in [6, 6.07) is 0.723. The smallest absolute Gasteiger partial charge is 0.191 e. The van der Waals surface area contributed by atoms with Gasteiger partial charge in [0.05, 0.1) is 5.60 Å². The van der Waals surface area contributed by atoms with Gasteiger partial charge in [-0.15, -0.1) is 24.0 Å². The van der Waals surface area contributed by atoms with Crippen LogP contribution in [-0.2, 0) is 4.74 Å². The van der Waals surface area contributed by atoms with E-state index in [1.807, 2.05) is 7.05 Å². The number of ether oxygens (including phenoxy) is 1. The number of hydrogen-bond acceptors (Lipinski definition) is 3. The Morgan fingerprint density at radius 1 is 1.32 bits per heavy atom. The summed E-state index contributed by atoms with van der Waals surface area (Å²) in [6.07, 6.45) is 6.35. The van der Waals surface area contributed by atoms with Crippen LogP contribution in [0.3, 0.4) is 0 Å². The second-order valence-corrected chi connectivity index (χ2v) is 6.64. The van der Waals surface area contributed by atoms with E-state index < -0.39 is 0 Å². The van der Waals surface area contributed by atoms with Crippen molar-refractivity contribution in [3.8, 4) is 0 Å². The molecule has 2 rings (SSSR count). The number of piperidine rings is 1. The molecule has 22 heavy (non-hydrogen) atoms. The van der Waals surface area contributed by atoms with Gasteiger partial charge in [-0.2, -0.15) is 0 Å². The van der Waals surface area contributed by atoms with E-state index >= 15 is 0 Å². The van der Waals surface area contributed by atoms with E-state index in [4.69, 9.17) is 4.74 Å². The second-order valence-electron chi connectivity index (χ2n) is 6.64. The molecule has 0 aliphatic carbocycles. The lowest BCUT2D eigenvalue weighted by Gasteiger charge is -2.33. The van der Waals surface area contributed by atoms with E-state index in [-0.39, 0.29) is 29.6 Å². The third-order valence-corrected chi connectivity index (χ3v) is 4.79. The maximum absolute atomic E-state index is 5.80. The fourth-order valence-electron chi connectivity index (χ4n) is 3.28. The fourth-order valence-corrected chi connectivity index (χ4v) is 3.28. The van der Waals surface area contributed by atoms with Crippen LogP contribution in [0.2, 0.25) is 0 Å². The lowest BCUT2D eigenvalue weighted by Crippen LogP contribution is -2.48. The van der Waals surface area contributed by atoms with Crippen LogP contribution in [0.5, 0.6) is 0 Å². The molecule has 0 aromatic heterocycles. The lowest BCUT2D eigenvalue weighted by atomic mass is 10.0. The summed E-state index contributed by atoms with van der Waals surface area (Å²) in [7, 11) is 1.83. The molecule has 2 unspecified atom stereocenters. The van der Waals surface area contributed by atoms with Crippen LogP contribution in [-0.4, -0.2) is 62.3 Å². The first-order valence-corrected chi connectivity index (χ1v) is 8.45. The van der Waals surface area contributed by atoms with Crippen molar-refractivity contribution in [1.29, 1.82) is 0 Å². The number of hydrogen-bond donors (Lipinski definition) is 2. The van der Waals surface area contributed by atoms with Crippen LogP contribution < -0.4 is 10.6 Å². The average molecular weight is 424 g/mol. The van der Waals surface area contributed by atoms with Gasteiger partial charge in [0.2, 0.25) is 0 Å². The standard InChI is InChI=1S/C16H32N4O.HI/c1-14-7-4-5-10-20(14)11-9-18-15(17-3)19-13-16(2)8-6-12-21-16;/h14H,4-13H2,1-3H3,(H2,17,18,19);1H. The fraction of sp³-hybridized carbons (Fsp3) is 0.938. The van der Waals surface area contributed by atoms with Crippen LogP contribution in [0.4, 0.5) is 0 Å². The Bertz CT molecular complexity index is 345. The zero-order valence-electron chi connectivity index (χ0n) is 14.4. The highest BCUT2D eigenvalue weighted by atomic mass is 127. The SMILES string of the molecule is CN=C(NCCN1CCCCC1C)NCC1(C)CCCO1.I. The Hall–Kier alpha value is -0.0800. The van der Waals surface area contributed by atoms with Gasteiger partial charge in [-0.05, 0) is 46.1 Å². The van der Waals surface area contributed by atoms with E-state index in [9.17, 15) is 0 Å². The zero-order chi connectivity index (χ0) is 15.1. The Labute approximate surface area is 152 Å². The van der Waals surface area contributed by atoms with Crippen molar-refractivity contribution in [3.63, 3.8) is 0 Å². The number of guanidine groups is 1. The van der Waals surface area contributed by atoms with E-state index in [0.29, 0.717) is 0 Å². The van der Waals surface area contributed by atoms with Crippen molar-refractivity contribution in [2.24, 2.45) is 4.99 Å². The molecular formula is C16H33IN4O. The van der Waals surface area contributed by atoms with Gasteiger partial charge in [0.25, 0.3) is 0 Å². The van der Waals surface area contributed by atoms with Gasteiger partial charge in [-0.3, -0.25) is 9.89 Å². The molecule has 2 atom stereocenters. The first-order chi connectivity index (χ1) is 10.1. The molecule has 2 aliphatic heterocycles. The van der Waals surface area contributed by atoms with Gasteiger partial charge >= 0.3 is 0 Å². The molecule has 0 radical (unpaired) electrons. The van der Waals surface area contributed by atoms with Crippen molar-refractivity contribution < 1.29 is 4.74 Å². The van der Waals surface area contributed by atoms with Crippen LogP contribution >= 0.6 is 24.0 Å². The first-order valence-electron chi connectivity index (χ1n) is 8.45. The van der Waals surface area contributed by atoms with Gasteiger partial charge < -0.3 is 15.4 Å². The van der Waals surface area contributed by atoms with E-state index in [0.717, 1.165) is 51.1 Å². The highest BCUT2D eigenvalue weighted by Gasteiger charge is 2.29. The van der Waals surface area contributed by atoms with Crippen molar-refractivity contribution in [2.75, 3.05) is 39.8 Å². The van der Waals surface area contributed by atoms with E-state index in [2.05, 4.69) is 34.4 Å². The third-order valence-electron chi connectivity index (χ3n) is 4.79. The molecule has 5 nitrogen and oxygen atoms in total. The minimum absolute atomic E-state index is 0. The van der Waals surface area contributed by atoms with Gasteiger partial charge in [-0.25, -0.2) is 0 Å². The quantitative estimate of drug-likeness (QED) is 0.404. The number of halogens is 1. The molecule has 0 bridgehead atoms. The summed E-state index contributed by atoms with van der Waals surface area (Å²) in [5.41, 5.74) is -0.0288. The first kappa shape index (κ1) is 20.0. The Kier molecular flexibility index (Phi) is 9.01. The van der Waals surface area contributed by atoms with Crippen molar-refractivity contribution >= 4 is 29.9 Å². The molecule has 0 saturated carbocycles. The maximum atomic E-state index is 5.80. The summed E-state index contributed by atoms with van der Waals surface area (Å²) in [4.78, 5) is 6.88. The van der Waals surface area contributed by atoms with Crippen molar-refractivity contribution in [1.82, 2.24) is 15.5 Å². The molecule has 6 heteroatoms. The van der Waals surface area contributed by atoms with E-state index in [1.165, 1.54) is 25.8 Å². The molecule has 2 fully saturated rings. The van der Waals surface area contributed by atoms with Crippen LogP contribution in [0, 0.1) is 0 Å². The largest absolute Gasteiger partial charge is 0.373 e. The number of nitrogens with zero attached hydrogens (tertiary/aromatic N) is 2. The minimum Gasteiger partial charge on any atom is -0.373 e. The second kappa shape index (κ2) is 9.93. The van der Waals surface area contributed by atoms with Crippen molar-refractivity contribution in [2.45, 2.75) is 57.6 Å². The van der Waals surface area contributed by atoms with Crippen molar-refractivity contribution in [3.05, 3.63) is 0 Å². The average Bonchev–Trinajstić information content (AvgIpc) is 2.91. The highest BCUT2D eigenvalue weighted by molar-refractivity contribution is 14.0. The molecule has 2 aliphatic rings. The summed E-state index contributed by atoms with van der Waals surface area (Å²) >= 11 is 0. The molecule has 0 spiro atoms. The molecule has 2 N–H and O–H groups in total. The summed E-state index contributed by atoms with van der Waals surface area (Å²) < 4.78 is 5.80. The molecule has 0 amide bonds. The molecular weight excluding hydrogens is 391 g/mol. The Balaban J connectivity index is 0.00000242. The zero-order valence-corrected chi connectivity index (χ0v) is 16.7. The number of likely N-dealkylation sites (tertiary alicyclic amines) is 1. The van der Waals surface area contributed by atoms with Gasteiger partial charge in [-0.1, -0.05) is 6.42 Å². The van der Waals surface area contributed by atoms with Crippen LogP contribution in [0.1, 0.15) is 46.0 Å². The highest BCUT2D eigenvalue weighted by Crippen LogP contribution is 2.23. The monoisotopic (exact) mass is 424 g/mol. The Morgan fingerprint density at radius 3 is 2.77 bits per heavy atom. The maximum Gasteiger partial charge on any atom is 0.191 e. The molecule has 2 heterocycles. The number of aliphatic imine (C=N–C) groups is 1. The third kappa shape index (κ3) is 6.20. The minimum atomic E-state index is -0.0288. The molecule has 0 aromatic rings. The molecule has 130 valence electrons. The number of nitrogens with one attached hydrogen (secondary N) is 2. The predicted octanol–water partition coefficient (Wildman–Crippen LogP) is 2.21. The lowest BCUT2D eigenvalue weighted by molar-refractivity contribution is 0.0242. The van der Waals surface area contributed by atoms with E-state index in [1.54, 1.807) is 0 Å². The van der Waals surface area contributed by atoms with Gasteiger partial charge in [0.15, 0.2) is 5.96 Å². The molecule has 2 saturated heterocycles. The number of rotatable bonds is 5. The van der Waals surface area contributed by atoms with Gasteiger partial charge in [0.1, 0.15) is 0 Å². The summed E-state index contributed by atoms with van der Waals surface area (Å²) in [5.74, 6) is 0.886. The van der Waals surface area contributed by atoms with Crippen LogP contribution in [0.15, 0.2) is 4.99 Å². The Morgan fingerprint density at radius 2 is 2.14 bits per heavy atom. The predicted molar refractivity (Wildman–Crippen MR) is 103 cm³/mol. The topological polar surface area (TPSA) is 48.9 Å². The summed E-state index contributed by atoms with van der Waals surface area (Å²) in [6.45, 7) is 9.50. The van der Waals surface area contributed by atoms with Gasteiger partial charge in [0, 0.05) is 39.3 Å². The normalized spacial score (nSPS) is 30.0. The molecule has 0 aromatic carbocycles. The summed E-state index contributed by atoms with van der Waals surface area (Å²) in [5, 5.41) is 6.82.